The molecular weight excluding hydrogens is 304 g/mol. The quantitative estimate of drug-likeness (QED) is 0.825. The lowest BCUT2D eigenvalue weighted by Gasteiger charge is -2.43. The predicted molar refractivity (Wildman–Crippen MR) is 90.6 cm³/mol. The summed E-state index contributed by atoms with van der Waals surface area (Å²) in [6.07, 6.45) is 4.14. The molecule has 0 aromatic heterocycles. The van der Waals surface area contributed by atoms with Gasteiger partial charge in [-0.15, -0.1) is 0 Å². The maximum Gasteiger partial charge on any atom is 0.338 e. The Hall–Kier alpha value is -1.43. The number of carbonyl (C=O) groups is 1. The van der Waals surface area contributed by atoms with E-state index in [-0.39, 0.29) is 11.5 Å². The fourth-order valence-corrected chi connectivity index (χ4v) is 4.53. The molecule has 0 bridgehead atoms. The standard InChI is InChI=1S/C19H26N2O3/c1-12-14(3-4-15-16(12)11-24-18(15)23)17(22)10-21-8-5-13(9-21)19(20)6-2-7-19/h3-4,13,17,22H,2,5-11,20H2,1H3. The fourth-order valence-electron chi connectivity index (χ4n) is 4.53. The molecule has 0 spiro atoms. The van der Waals surface area contributed by atoms with Crippen molar-refractivity contribution in [1.29, 1.82) is 0 Å². The van der Waals surface area contributed by atoms with Crippen molar-refractivity contribution in [3.8, 4) is 0 Å². The maximum atomic E-state index is 11.6. The number of nitrogens with two attached hydrogens (primary N) is 1. The smallest absolute Gasteiger partial charge is 0.338 e. The highest BCUT2D eigenvalue weighted by Gasteiger charge is 2.43. The molecule has 1 saturated heterocycles. The number of nitrogens with zero attached hydrogens (tertiary/aromatic N) is 1. The van der Waals surface area contributed by atoms with Crippen molar-refractivity contribution < 1.29 is 14.6 Å². The van der Waals surface area contributed by atoms with E-state index in [1.807, 2.05) is 13.0 Å². The molecule has 1 aromatic rings. The lowest BCUT2D eigenvalue weighted by atomic mass is 9.68. The van der Waals surface area contributed by atoms with Crippen LogP contribution in [0.5, 0.6) is 0 Å². The monoisotopic (exact) mass is 330 g/mol. The summed E-state index contributed by atoms with van der Waals surface area (Å²) in [5, 5.41) is 10.7. The summed E-state index contributed by atoms with van der Waals surface area (Å²) in [4.78, 5) is 14.0. The zero-order chi connectivity index (χ0) is 16.9. The van der Waals surface area contributed by atoms with Crippen LogP contribution >= 0.6 is 0 Å². The molecule has 0 radical (unpaired) electrons. The second kappa shape index (κ2) is 5.83. The third-order valence-corrected chi connectivity index (χ3v) is 6.37. The molecule has 2 heterocycles. The van der Waals surface area contributed by atoms with Gasteiger partial charge in [0.05, 0.1) is 11.7 Å². The van der Waals surface area contributed by atoms with Crippen molar-refractivity contribution in [2.45, 2.75) is 50.9 Å². The van der Waals surface area contributed by atoms with E-state index in [4.69, 9.17) is 10.5 Å². The van der Waals surface area contributed by atoms with Crippen LogP contribution in [0.3, 0.4) is 0 Å². The van der Waals surface area contributed by atoms with E-state index >= 15 is 0 Å². The van der Waals surface area contributed by atoms with Crippen LogP contribution in [-0.4, -0.2) is 41.1 Å². The van der Waals surface area contributed by atoms with Gasteiger partial charge >= 0.3 is 5.97 Å². The molecule has 5 heteroatoms. The van der Waals surface area contributed by atoms with Crippen LogP contribution in [0.25, 0.3) is 0 Å². The van der Waals surface area contributed by atoms with Gasteiger partial charge in [0.1, 0.15) is 6.61 Å². The van der Waals surface area contributed by atoms with Crippen LogP contribution in [0.1, 0.15) is 58.8 Å². The number of rotatable bonds is 4. The second-order valence-electron chi connectivity index (χ2n) is 7.73. The number of β-amino-alcohol motifs (C(OH)–C–C–N with tert-alkyl or cyclic N) is 1. The van der Waals surface area contributed by atoms with Gasteiger partial charge in [-0.25, -0.2) is 4.79 Å². The topological polar surface area (TPSA) is 75.8 Å². The van der Waals surface area contributed by atoms with E-state index in [2.05, 4.69) is 4.90 Å². The van der Waals surface area contributed by atoms with E-state index in [0.29, 0.717) is 24.6 Å². The molecule has 0 amide bonds. The number of benzene rings is 1. The number of aliphatic hydroxyl groups is 1. The van der Waals surface area contributed by atoms with Crippen molar-refractivity contribution in [2.24, 2.45) is 11.7 Å². The summed E-state index contributed by atoms with van der Waals surface area (Å²) < 4.78 is 5.10. The number of ether oxygens (including phenoxy) is 1. The third kappa shape index (κ3) is 2.55. The number of hydrogen-bond acceptors (Lipinski definition) is 5. The molecule has 3 N–H and O–H groups in total. The van der Waals surface area contributed by atoms with Crippen LogP contribution in [-0.2, 0) is 11.3 Å². The van der Waals surface area contributed by atoms with E-state index in [0.717, 1.165) is 49.0 Å². The lowest BCUT2D eigenvalue weighted by molar-refractivity contribution is 0.0535. The minimum absolute atomic E-state index is 0.0425. The van der Waals surface area contributed by atoms with Crippen molar-refractivity contribution in [2.75, 3.05) is 19.6 Å². The number of likely N-dealkylation sites (tertiary alicyclic amines) is 1. The molecule has 3 aliphatic rings. The van der Waals surface area contributed by atoms with Crippen LogP contribution in [0.4, 0.5) is 0 Å². The van der Waals surface area contributed by atoms with Crippen molar-refractivity contribution >= 4 is 5.97 Å². The van der Waals surface area contributed by atoms with E-state index in [9.17, 15) is 9.90 Å². The highest BCUT2D eigenvalue weighted by molar-refractivity contribution is 5.93. The van der Waals surface area contributed by atoms with Crippen LogP contribution in [0.2, 0.25) is 0 Å². The van der Waals surface area contributed by atoms with Gasteiger partial charge < -0.3 is 20.5 Å². The summed E-state index contributed by atoms with van der Waals surface area (Å²) in [6.45, 7) is 4.91. The average molecular weight is 330 g/mol. The zero-order valence-electron chi connectivity index (χ0n) is 14.3. The van der Waals surface area contributed by atoms with Gasteiger partial charge in [-0.2, -0.15) is 0 Å². The number of fused-ring (bicyclic) bond motifs is 1. The molecule has 1 aliphatic carbocycles. The Balaban J connectivity index is 1.44. The number of hydrogen-bond donors (Lipinski definition) is 2. The number of esters is 1. The molecule has 1 aromatic carbocycles. The van der Waals surface area contributed by atoms with Gasteiger partial charge in [0.15, 0.2) is 0 Å². The molecule has 4 rings (SSSR count). The Morgan fingerprint density at radius 1 is 1.46 bits per heavy atom. The van der Waals surface area contributed by atoms with Crippen LogP contribution < -0.4 is 5.73 Å². The number of cyclic esters (lactones) is 1. The largest absolute Gasteiger partial charge is 0.457 e. The molecule has 2 unspecified atom stereocenters. The first kappa shape index (κ1) is 16.1. The first-order valence-corrected chi connectivity index (χ1v) is 8.97. The number of carbonyl (C=O) groups excluding carboxylic acids is 1. The Morgan fingerprint density at radius 3 is 2.96 bits per heavy atom. The van der Waals surface area contributed by atoms with Gasteiger partial charge in [-0.05, 0) is 62.3 Å². The molecule has 2 atom stereocenters. The normalized spacial score (nSPS) is 26.8. The van der Waals surface area contributed by atoms with Crippen LogP contribution in [0.15, 0.2) is 12.1 Å². The molecular formula is C19H26N2O3. The van der Waals surface area contributed by atoms with E-state index in [1.54, 1.807) is 6.07 Å². The fraction of sp³-hybridized carbons (Fsp3) is 0.632. The van der Waals surface area contributed by atoms with Gasteiger partial charge in [0.2, 0.25) is 0 Å². The minimum atomic E-state index is -0.542. The van der Waals surface area contributed by atoms with Crippen molar-refractivity contribution in [3.05, 3.63) is 34.4 Å². The van der Waals surface area contributed by atoms with Gasteiger partial charge in [0.25, 0.3) is 0 Å². The molecule has 1 saturated carbocycles. The Kier molecular flexibility index (Phi) is 3.90. The van der Waals surface area contributed by atoms with Crippen molar-refractivity contribution in [1.82, 2.24) is 4.90 Å². The zero-order valence-corrected chi connectivity index (χ0v) is 14.3. The summed E-state index contributed by atoms with van der Waals surface area (Å²) in [5.41, 5.74) is 9.97. The third-order valence-electron chi connectivity index (χ3n) is 6.37. The summed E-state index contributed by atoms with van der Waals surface area (Å²) >= 11 is 0. The molecule has 5 nitrogen and oxygen atoms in total. The van der Waals surface area contributed by atoms with Crippen LogP contribution in [0, 0.1) is 12.8 Å². The number of aliphatic hydroxyl groups excluding tert-OH is 1. The Bertz CT molecular complexity index is 669. The maximum absolute atomic E-state index is 11.6. The van der Waals surface area contributed by atoms with Crippen molar-refractivity contribution in [3.63, 3.8) is 0 Å². The highest BCUT2D eigenvalue weighted by Crippen LogP contribution is 2.40. The second-order valence-corrected chi connectivity index (χ2v) is 7.73. The molecule has 2 aliphatic heterocycles. The summed E-state index contributed by atoms with van der Waals surface area (Å²) in [5.74, 6) is 0.302. The SMILES string of the molecule is Cc1c(C(O)CN2CCC(C3(N)CCC3)C2)ccc2c1COC2=O. The van der Waals surface area contributed by atoms with Gasteiger partial charge in [0, 0.05) is 24.2 Å². The minimum Gasteiger partial charge on any atom is -0.457 e. The van der Waals surface area contributed by atoms with E-state index < -0.39 is 6.10 Å². The molecule has 130 valence electrons. The Labute approximate surface area is 142 Å². The summed E-state index contributed by atoms with van der Waals surface area (Å²) in [6, 6.07) is 3.65. The highest BCUT2D eigenvalue weighted by atomic mass is 16.5. The first-order chi connectivity index (χ1) is 11.5. The summed E-state index contributed by atoms with van der Waals surface area (Å²) in [7, 11) is 0. The van der Waals surface area contributed by atoms with Gasteiger partial charge in [-0.1, -0.05) is 6.07 Å². The predicted octanol–water partition coefficient (Wildman–Crippen LogP) is 1.90. The lowest BCUT2D eigenvalue weighted by Crippen LogP contribution is -2.53. The van der Waals surface area contributed by atoms with Gasteiger partial charge in [-0.3, -0.25) is 0 Å². The molecule has 24 heavy (non-hydrogen) atoms. The Morgan fingerprint density at radius 2 is 2.25 bits per heavy atom. The van der Waals surface area contributed by atoms with E-state index in [1.165, 1.54) is 6.42 Å². The average Bonchev–Trinajstić information content (AvgIpc) is 3.13. The molecule has 2 fully saturated rings. The first-order valence-electron chi connectivity index (χ1n) is 8.97.